The van der Waals surface area contributed by atoms with Crippen LogP contribution in [0.2, 0.25) is 0 Å². The largest absolute Gasteiger partial charge is 0.325 e. The van der Waals surface area contributed by atoms with E-state index in [-0.39, 0.29) is 17.4 Å². The van der Waals surface area contributed by atoms with E-state index >= 15 is 0 Å². The molecule has 4 aromatic rings. The van der Waals surface area contributed by atoms with Gasteiger partial charge in [-0.15, -0.1) is 21.5 Å². The van der Waals surface area contributed by atoms with Crippen LogP contribution in [0.1, 0.15) is 22.8 Å². The van der Waals surface area contributed by atoms with Crippen LogP contribution >= 0.6 is 23.1 Å². The zero-order valence-electron chi connectivity index (χ0n) is 16.8. The molecule has 2 aromatic carbocycles. The number of carbonyl (C=O) groups excluding carboxylic acids is 2. The molecule has 0 fully saturated rings. The zero-order chi connectivity index (χ0) is 21.6. The monoisotopic (exact) mass is 448 g/mol. The Morgan fingerprint density at radius 2 is 1.77 bits per heavy atom. The number of thioether (sulfide) groups is 1. The van der Waals surface area contributed by atoms with Crippen LogP contribution in [-0.2, 0) is 11.3 Å². The number of rotatable bonds is 8. The molecular formula is C23H20N4O2S2. The Kier molecular flexibility index (Phi) is 6.59. The predicted molar refractivity (Wildman–Crippen MR) is 125 cm³/mol. The average Bonchev–Trinajstić information content (AvgIpc) is 3.43. The molecule has 0 radical (unpaired) electrons. The molecule has 0 aliphatic carbocycles. The Morgan fingerprint density at radius 3 is 2.45 bits per heavy atom. The first kappa shape index (κ1) is 21.0. The maximum atomic E-state index is 12.5. The van der Waals surface area contributed by atoms with Crippen LogP contribution in [0.5, 0.6) is 0 Å². The summed E-state index contributed by atoms with van der Waals surface area (Å²) in [7, 11) is 0. The molecule has 31 heavy (non-hydrogen) atoms. The number of aromatic nitrogens is 3. The number of carbonyl (C=O) groups is 2. The normalized spacial score (nSPS) is 10.7. The van der Waals surface area contributed by atoms with E-state index in [9.17, 15) is 9.59 Å². The molecule has 0 saturated carbocycles. The fraction of sp³-hybridized carbons (Fsp3) is 0.130. The molecule has 6 nitrogen and oxygen atoms in total. The molecule has 0 saturated heterocycles. The Bertz CT molecular complexity index is 1170. The van der Waals surface area contributed by atoms with Gasteiger partial charge in [0.25, 0.3) is 0 Å². The van der Waals surface area contributed by atoms with E-state index in [1.807, 2.05) is 40.3 Å². The second-order valence-electron chi connectivity index (χ2n) is 6.83. The molecule has 0 atom stereocenters. The van der Waals surface area contributed by atoms with Gasteiger partial charge in [-0.1, -0.05) is 48.2 Å². The second kappa shape index (κ2) is 9.72. The minimum atomic E-state index is -0.146. The number of amides is 1. The van der Waals surface area contributed by atoms with Gasteiger partial charge >= 0.3 is 0 Å². The van der Waals surface area contributed by atoms with Crippen molar-refractivity contribution in [2.75, 3.05) is 11.1 Å². The number of nitrogens with zero attached hydrogens (tertiary/aromatic N) is 3. The molecule has 0 unspecified atom stereocenters. The molecule has 156 valence electrons. The van der Waals surface area contributed by atoms with Crippen molar-refractivity contribution in [2.24, 2.45) is 0 Å². The van der Waals surface area contributed by atoms with Crippen LogP contribution in [0.15, 0.2) is 77.3 Å². The van der Waals surface area contributed by atoms with E-state index < -0.39 is 0 Å². The van der Waals surface area contributed by atoms with Gasteiger partial charge in [0.1, 0.15) is 0 Å². The minimum absolute atomic E-state index is 0.00673. The number of thiophene rings is 1. The molecule has 0 aliphatic heterocycles. The second-order valence-corrected chi connectivity index (χ2v) is 8.72. The number of ketones is 1. The van der Waals surface area contributed by atoms with Gasteiger partial charge in [0.15, 0.2) is 16.8 Å². The molecule has 0 bridgehead atoms. The summed E-state index contributed by atoms with van der Waals surface area (Å²) in [5.74, 6) is 0.841. The van der Waals surface area contributed by atoms with E-state index in [4.69, 9.17) is 0 Å². The van der Waals surface area contributed by atoms with Crippen LogP contribution in [0, 0.1) is 0 Å². The Morgan fingerprint density at radius 1 is 1.00 bits per heavy atom. The minimum Gasteiger partial charge on any atom is -0.325 e. The number of hydrogen-bond donors (Lipinski definition) is 1. The lowest BCUT2D eigenvalue weighted by molar-refractivity contribution is -0.113. The number of Topliss-reactive ketones (excluding diaryl/α,β-unsaturated/α-hetero) is 1. The Labute approximate surface area is 188 Å². The van der Waals surface area contributed by atoms with Gasteiger partial charge in [-0.05, 0) is 48.2 Å². The first-order valence-electron chi connectivity index (χ1n) is 9.65. The smallest absolute Gasteiger partial charge is 0.234 e. The molecule has 4 rings (SSSR count). The summed E-state index contributed by atoms with van der Waals surface area (Å²) in [6.45, 7) is 2.14. The fourth-order valence-corrected chi connectivity index (χ4v) is 4.46. The Hall–Kier alpha value is -3.23. The maximum absolute atomic E-state index is 12.5. The third-order valence-corrected chi connectivity index (χ3v) is 6.38. The molecule has 0 spiro atoms. The van der Waals surface area contributed by atoms with Crippen molar-refractivity contribution in [3.8, 4) is 10.7 Å². The molecular weight excluding hydrogens is 428 g/mol. The third-order valence-electron chi connectivity index (χ3n) is 4.55. The van der Waals surface area contributed by atoms with Gasteiger partial charge < -0.3 is 5.32 Å². The molecule has 1 amide bonds. The van der Waals surface area contributed by atoms with Crippen LogP contribution in [0.4, 0.5) is 5.69 Å². The van der Waals surface area contributed by atoms with E-state index in [1.54, 1.807) is 35.6 Å². The summed E-state index contributed by atoms with van der Waals surface area (Å²) in [6.07, 6.45) is 0. The van der Waals surface area contributed by atoms with Crippen LogP contribution in [-0.4, -0.2) is 32.2 Å². The Balaban J connectivity index is 1.47. The zero-order valence-corrected chi connectivity index (χ0v) is 18.5. The van der Waals surface area contributed by atoms with E-state index in [0.717, 1.165) is 16.3 Å². The quantitative estimate of drug-likeness (QED) is 0.304. The van der Waals surface area contributed by atoms with Crippen molar-refractivity contribution >= 4 is 40.5 Å². The number of hydrogen-bond acceptors (Lipinski definition) is 6. The van der Waals surface area contributed by atoms with Gasteiger partial charge in [-0.25, -0.2) is 0 Å². The highest BCUT2D eigenvalue weighted by molar-refractivity contribution is 7.99. The van der Waals surface area contributed by atoms with Crippen molar-refractivity contribution in [3.05, 3.63) is 83.2 Å². The highest BCUT2D eigenvalue weighted by Gasteiger charge is 2.17. The number of benzene rings is 2. The van der Waals surface area contributed by atoms with Crippen LogP contribution in [0.25, 0.3) is 10.7 Å². The van der Waals surface area contributed by atoms with Gasteiger partial charge in [-0.2, -0.15) is 0 Å². The highest BCUT2D eigenvalue weighted by atomic mass is 32.2. The SMILES string of the molecule is CC(=O)c1ccc(NC(=O)CSc2nnc(-c3cccs3)n2Cc2ccccc2)cc1. The predicted octanol–water partition coefficient (Wildman–Crippen LogP) is 4.99. The summed E-state index contributed by atoms with van der Waals surface area (Å²) in [6, 6.07) is 21.0. The van der Waals surface area contributed by atoms with Crippen molar-refractivity contribution in [3.63, 3.8) is 0 Å². The molecule has 8 heteroatoms. The van der Waals surface area contributed by atoms with Crippen molar-refractivity contribution in [1.82, 2.24) is 14.8 Å². The molecule has 0 aliphatic rings. The van der Waals surface area contributed by atoms with Gasteiger partial charge in [0, 0.05) is 11.3 Å². The van der Waals surface area contributed by atoms with E-state index in [2.05, 4.69) is 27.6 Å². The maximum Gasteiger partial charge on any atom is 0.234 e. The summed E-state index contributed by atoms with van der Waals surface area (Å²) >= 11 is 2.96. The van der Waals surface area contributed by atoms with Crippen molar-refractivity contribution in [1.29, 1.82) is 0 Å². The van der Waals surface area contributed by atoms with Gasteiger partial charge in [-0.3, -0.25) is 14.2 Å². The third kappa shape index (κ3) is 5.28. The summed E-state index contributed by atoms with van der Waals surface area (Å²) in [5, 5.41) is 14.3. The summed E-state index contributed by atoms with van der Waals surface area (Å²) in [5.41, 5.74) is 2.40. The summed E-state index contributed by atoms with van der Waals surface area (Å²) in [4.78, 5) is 24.9. The van der Waals surface area contributed by atoms with Crippen LogP contribution < -0.4 is 5.32 Å². The van der Waals surface area contributed by atoms with E-state index in [1.165, 1.54) is 18.7 Å². The number of nitrogens with one attached hydrogen (secondary N) is 1. The lowest BCUT2D eigenvalue weighted by Gasteiger charge is -2.10. The first-order chi connectivity index (χ1) is 15.1. The lowest BCUT2D eigenvalue weighted by Crippen LogP contribution is -2.15. The average molecular weight is 449 g/mol. The fourth-order valence-electron chi connectivity index (χ4n) is 3.01. The molecule has 2 heterocycles. The molecule has 1 N–H and O–H groups in total. The highest BCUT2D eigenvalue weighted by Crippen LogP contribution is 2.28. The molecule has 2 aromatic heterocycles. The first-order valence-corrected chi connectivity index (χ1v) is 11.5. The van der Waals surface area contributed by atoms with Crippen molar-refractivity contribution in [2.45, 2.75) is 18.6 Å². The lowest BCUT2D eigenvalue weighted by atomic mass is 10.1. The topological polar surface area (TPSA) is 76.9 Å². The van der Waals surface area contributed by atoms with E-state index in [0.29, 0.717) is 23.0 Å². The van der Waals surface area contributed by atoms with Crippen molar-refractivity contribution < 1.29 is 9.59 Å². The number of anilines is 1. The van der Waals surface area contributed by atoms with Gasteiger partial charge in [0.2, 0.25) is 5.91 Å². The van der Waals surface area contributed by atoms with Crippen LogP contribution in [0.3, 0.4) is 0 Å². The standard InChI is InChI=1S/C23H20N4O2S2/c1-16(28)18-9-11-19(12-10-18)24-21(29)15-31-23-26-25-22(20-8-5-13-30-20)27(23)14-17-6-3-2-4-7-17/h2-13H,14-15H2,1H3,(H,24,29). The van der Waals surface area contributed by atoms with Gasteiger partial charge in [0.05, 0.1) is 17.2 Å². The summed E-state index contributed by atoms with van der Waals surface area (Å²) < 4.78 is 2.04.